The number of nitrogens with zero attached hydrogens (tertiary/aromatic N) is 3. The second-order valence-electron chi connectivity index (χ2n) is 5.30. The molecule has 5 nitrogen and oxygen atoms in total. The van der Waals surface area contributed by atoms with Gasteiger partial charge in [-0.2, -0.15) is 0 Å². The summed E-state index contributed by atoms with van der Waals surface area (Å²) in [4.78, 5) is 19.9. The molecule has 0 spiro atoms. The predicted molar refractivity (Wildman–Crippen MR) is 77.0 cm³/mol. The lowest BCUT2D eigenvalue weighted by Crippen LogP contribution is -2.51. The fraction of sp³-hybridized carbons (Fsp3) is 0.571. The van der Waals surface area contributed by atoms with Crippen LogP contribution in [0.2, 0.25) is 5.02 Å². The van der Waals surface area contributed by atoms with E-state index in [-0.39, 0.29) is 16.7 Å². The topological polar surface area (TPSA) is 45.7 Å². The normalized spacial score (nSPS) is 22.7. The van der Waals surface area contributed by atoms with E-state index < -0.39 is 11.9 Å². The summed E-state index contributed by atoms with van der Waals surface area (Å²) in [6, 6.07) is 1.23. The number of morpholine rings is 1. The summed E-state index contributed by atoms with van der Waals surface area (Å²) < 4.78 is 19.5. The molecule has 7 heteroatoms. The van der Waals surface area contributed by atoms with Crippen molar-refractivity contribution in [3.63, 3.8) is 0 Å². The Kier molecular flexibility index (Phi) is 4.26. The van der Waals surface area contributed by atoms with Gasteiger partial charge < -0.3 is 14.5 Å². The summed E-state index contributed by atoms with van der Waals surface area (Å²) in [5.74, 6) is -0.259. The largest absolute Gasteiger partial charge is 0.365 e. The van der Waals surface area contributed by atoms with Crippen LogP contribution >= 0.6 is 11.6 Å². The zero-order chi connectivity index (χ0) is 14.8. The predicted octanol–water partition coefficient (Wildman–Crippen LogP) is 1.70. The van der Waals surface area contributed by atoms with E-state index in [1.54, 1.807) is 4.90 Å². The summed E-state index contributed by atoms with van der Waals surface area (Å²) in [5, 5.41) is 0.259. The molecule has 3 heterocycles. The third-order valence-corrected chi connectivity index (χ3v) is 4.05. The molecule has 0 aromatic carbocycles. The molecule has 0 radical (unpaired) electrons. The van der Waals surface area contributed by atoms with Crippen LogP contribution in [0.4, 0.5) is 10.2 Å². The van der Waals surface area contributed by atoms with Crippen molar-refractivity contribution in [1.82, 2.24) is 9.88 Å². The third-order valence-electron chi connectivity index (χ3n) is 3.85. The lowest BCUT2D eigenvalue weighted by atomic mass is 10.2. The maximum absolute atomic E-state index is 13.9. The number of anilines is 1. The monoisotopic (exact) mass is 313 g/mol. The first kappa shape index (κ1) is 14.5. The molecule has 1 aromatic rings. The van der Waals surface area contributed by atoms with Gasteiger partial charge in [-0.3, -0.25) is 4.79 Å². The molecule has 21 heavy (non-hydrogen) atoms. The molecule has 2 fully saturated rings. The number of pyridine rings is 1. The first-order valence-corrected chi connectivity index (χ1v) is 7.49. The molecule has 3 rings (SSSR count). The van der Waals surface area contributed by atoms with E-state index >= 15 is 0 Å². The fourth-order valence-corrected chi connectivity index (χ4v) is 2.92. The van der Waals surface area contributed by atoms with E-state index in [9.17, 15) is 9.18 Å². The van der Waals surface area contributed by atoms with Crippen LogP contribution in [0.1, 0.15) is 12.8 Å². The third kappa shape index (κ3) is 3.11. The number of rotatable bonds is 2. The number of hydrogen-bond donors (Lipinski definition) is 0. The molecule has 2 aliphatic rings. The average molecular weight is 314 g/mol. The summed E-state index contributed by atoms with van der Waals surface area (Å²) in [5.41, 5.74) is 0. The summed E-state index contributed by atoms with van der Waals surface area (Å²) >= 11 is 5.71. The van der Waals surface area contributed by atoms with Gasteiger partial charge in [0.2, 0.25) is 0 Å². The molecule has 2 saturated heterocycles. The van der Waals surface area contributed by atoms with Crippen molar-refractivity contribution in [2.45, 2.75) is 18.9 Å². The number of halogens is 2. The smallest absolute Gasteiger partial charge is 0.253 e. The standard InChI is InChI=1S/C14H17ClFN3O2/c15-10-7-11(16)13(17-8-10)19-5-6-21-12(9-19)14(20)18-3-1-2-4-18/h7-8,12H,1-6,9H2. The van der Waals surface area contributed by atoms with E-state index in [0.717, 1.165) is 25.9 Å². The minimum atomic E-state index is -0.547. The van der Waals surface area contributed by atoms with Gasteiger partial charge in [0.05, 0.1) is 18.2 Å². The molecule has 2 aliphatic heterocycles. The highest BCUT2D eigenvalue weighted by atomic mass is 35.5. The van der Waals surface area contributed by atoms with E-state index in [2.05, 4.69) is 4.98 Å². The number of ether oxygens (including phenoxy) is 1. The van der Waals surface area contributed by atoms with Crippen LogP contribution in [-0.4, -0.2) is 54.7 Å². The number of hydrogen-bond acceptors (Lipinski definition) is 4. The van der Waals surface area contributed by atoms with Crippen LogP contribution in [0.15, 0.2) is 12.3 Å². The minimum absolute atomic E-state index is 0.00780. The molecule has 0 saturated carbocycles. The Morgan fingerprint density at radius 1 is 1.38 bits per heavy atom. The van der Waals surface area contributed by atoms with Gasteiger partial charge in [-0.25, -0.2) is 9.37 Å². The van der Waals surface area contributed by atoms with Crippen LogP contribution in [0.25, 0.3) is 0 Å². The van der Waals surface area contributed by atoms with Gasteiger partial charge in [0.1, 0.15) is 0 Å². The first-order valence-electron chi connectivity index (χ1n) is 7.11. The zero-order valence-corrected chi connectivity index (χ0v) is 12.4. The number of carbonyl (C=O) groups is 1. The Morgan fingerprint density at radius 2 is 2.14 bits per heavy atom. The molecular weight excluding hydrogens is 297 g/mol. The van der Waals surface area contributed by atoms with Crippen LogP contribution in [-0.2, 0) is 9.53 Å². The van der Waals surface area contributed by atoms with Crippen LogP contribution in [0.3, 0.4) is 0 Å². The molecule has 1 aromatic heterocycles. The van der Waals surface area contributed by atoms with Gasteiger partial charge in [-0.15, -0.1) is 0 Å². The fourth-order valence-electron chi connectivity index (χ4n) is 2.77. The van der Waals surface area contributed by atoms with Crippen molar-refractivity contribution in [2.75, 3.05) is 37.7 Å². The molecule has 114 valence electrons. The van der Waals surface area contributed by atoms with E-state index in [0.29, 0.717) is 19.7 Å². The molecule has 0 aliphatic carbocycles. The quantitative estimate of drug-likeness (QED) is 0.834. The molecule has 1 unspecified atom stereocenters. The van der Waals surface area contributed by atoms with Gasteiger partial charge >= 0.3 is 0 Å². The van der Waals surface area contributed by atoms with E-state index in [4.69, 9.17) is 16.3 Å². The van der Waals surface area contributed by atoms with E-state index in [1.807, 2.05) is 4.90 Å². The highest BCUT2D eigenvalue weighted by molar-refractivity contribution is 6.30. The molecule has 0 N–H and O–H groups in total. The van der Waals surface area contributed by atoms with Crippen LogP contribution in [0, 0.1) is 5.82 Å². The Balaban J connectivity index is 1.71. The SMILES string of the molecule is O=C(C1CN(c2ncc(Cl)cc2F)CCO1)N1CCCC1. The van der Waals surface area contributed by atoms with Crippen molar-refractivity contribution in [1.29, 1.82) is 0 Å². The van der Waals surface area contributed by atoms with Gasteiger partial charge in [0.15, 0.2) is 17.7 Å². The zero-order valence-electron chi connectivity index (χ0n) is 11.6. The number of carbonyl (C=O) groups excluding carboxylic acids is 1. The van der Waals surface area contributed by atoms with Crippen molar-refractivity contribution in [2.24, 2.45) is 0 Å². The van der Waals surface area contributed by atoms with Gasteiger partial charge in [-0.05, 0) is 18.9 Å². The van der Waals surface area contributed by atoms with Gasteiger partial charge in [0.25, 0.3) is 5.91 Å². The maximum atomic E-state index is 13.9. The van der Waals surface area contributed by atoms with E-state index in [1.165, 1.54) is 12.3 Å². The Bertz CT molecular complexity index is 537. The molecule has 1 amide bonds. The number of amides is 1. The van der Waals surface area contributed by atoms with Crippen LogP contribution < -0.4 is 4.90 Å². The lowest BCUT2D eigenvalue weighted by molar-refractivity contribution is -0.143. The van der Waals surface area contributed by atoms with Crippen molar-refractivity contribution >= 4 is 23.3 Å². The Morgan fingerprint density at radius 3 is 2.86 bits per heavy atom. The summed E-state index contributed by atoms with van der Waals surface area (Å²) in [7, 11) is 0. The average Bonchev–Trinajstić information content (AvgIpc) is 3.01. The van der Waals surface area contributed by atoms with Crippen molar-refractivity contribution < 1.29 is 13.9 Å². The van der Waals surface area contributed by atoms with Crippen molar-refractivity contribution in [3.05, 3.63) is 23.1 Å². The Hall–Kier alpha value is -1.40. The summed E-state index contributed by atoms with van der Waals surface area (Å²) in [6.07, 6.45) is 2.94. The Labute approximate surface area is 127 Å². The summed E-state index contributed by atoms with van der Waals surface area (Å²) in [6.45, 7) is 2.78. The van der Waals surface area contributed by atoms with Gasteiger partial charge in [-0.1, -0.05) is 11.6 Å². The van der Waals surface area contributed by atoms with Crippen LogP contribution in [0.5, 0.6) is 0 Å². The maximum Gasteiger partial charge on any atom is 0.253 e. The highest BCUT2D eigenvalue weighted by Crippen LogP contribution is 2.22. The number of likely N-dealkylation sites (tertiary alicyclic amines) is 1. The van der Waals surface area contributed by atoms with Gasteiger partial charge in [0, 0.05) is 25.8 Å². The molecule has 0 bridgehead atoms. The number of aromatic nitrogens is 1. The second-order valence-corrected chi connectivity index (χ2v) is 5.73. The molecule has 1 atom stereocenters. The highest BCUT2D eigenvalue weighted by Gasteiger charge is 2.32. The lowest BCUT2D eigenvalue weighted by Gasteiger charge is -2.34. The minimum Gasteiger partial charge on any atom is -0.365 e. The second kappa shape index (κ2) is 6.15. The van der Waals surface area contributed by atoms with Crippen molar-refractivity contribution in [3.8, 4) is 0 Å². The first-order chi connectivity index (χ1) is 10.1. The molecular formula is C14H17ClFN3O2.